The molecule has 2 aliphatic rings. The van der Waals surface area contributed by atoms with E-state index < -0.39 is 6.04 Å². The Hall–Kier alpha value is -3.22. The highest BCUT2D eigenvalue weighted by Crippen LogP contribution is 2.33. The molecule has 0 saturated carbocycles. The Morgan fingerprint density at radius 2 is 1.77 bits per heavy atom. The average molecular weight is 480 g/mol. The molecule has 1 heterocycles. The number of benzene rings is 2. The van der Waals surface area contributed by atoms with E-state index >= 15 is 0 Å². The molecule has 0 fully saturated rings. The molecule has 0 bridgehead atoms. The Morgan fingerprint density at radius 3 is 2.49 bits per heavy atom. The minimum Gasteiger partial charge on any atom is -0.493 e. The number of ether oxygens (including phenoxy) is 2. The monoisotopic (exact) mass is 479 g/mol. The highest BCUT2D eigenvalue weighted by Gasteiger charge is 2.32. The predicted octanol–water partition coefficient (Wildman–Crippen LogP) is 4.38. The molecule has 2 aromatic carbocycles. The van der Waals surface area contributed by atoms with E-state index in [1.807, 2.05) is 38.1 Å². The molecular weight excluding hydrogens is 442 g/mol. The fourth-order valence-electron chi connectivity index (χ4n) is 5.15. The van der Waals surface area contributed by atoms with E-state index in [1.54, 1.807) is 19.1 Å². The number of hydrogen-bond acceptors (Lipinski definition) is 4. The van der Waals surface area contributed by atoms with Gasteiger partial charge < -0.3 is 25.0 Å². The van der Waals surface area contributed by atoms with Crippen molar-refractivity contribution in [3.05, 3.63) is 58.7 Å². The third kappa shape index (κ3) is 5.39. The van der Waals surface area contributed by atoms with Crippen molar-refractivity contribution in [1.29, 1.82) is 0 Å². The van der Waals surface area contributed by atoms with Crippen LogP contribution >= 0.6 is 0 Å². The first-order chi connectivity index (χ1) is 16.9. The van der Waals surface area contributed by atoms with Gasteiger partial charge in [0.05, 0.1) is 20.3 Å². The summed E-state index contributed by atoms with van der Waals surface area (Å²) in [4.78, 5) is 28.5. The minimum atomic E-state index is -0.589. The van der Waals surface area contributed by atoms with Crippen molar-refractivity contribution < 1.29 is 19.1 Å². The van der Waals surface area contributed by atoms with Crippen molar-refractivity contribution in [2.75, 3.05) is 20.8 Å². The summed E-state index contributed by atoms with van der Waals surface area (Å²) in [6.07, 6.45) is 4.52. The molecule has 0 saturated heterocycles. The second-order valence-electron chi connectivity index (χ2n) is 9.61. The summed E-state index contributed by atoms with van der Waals surface area (Å²) in [6.45, 7) is 5.11. The molecular formula is C28H37N3O4. The number of nitrogens with zero attached hydrogens (tertiary/aromatic N) is 1. The molecule has 2 aromatic rings. The number of rotatable bonds is 7. The van der Waals surface area contributed by atoms with E-state index in [-0.39, 0.29) is 23.9 Å². The number of methoxy groups -OCH3 is 2. The Morgan fingerprint density at radius 1 is 1.06 bits per heavy atom. The molecule has 2 N–H and O–H groups in total. The van der Waals surface area contributed by atoms with Crippen LogP contribution in [0.4, 0.5) is 4.79 Å². The predicted molar refractivity (Wildman–Crippen MR) is 136 cm³/mol. The van der Waals surface area contributed by atoms with Gasteiger partial charge >= 0.3 is 6.03 Å². The van der Waals surface area contributed by atoms with Gasteiger partial charge in [-0.3, -0.25) is 4.79 Å². The van der Waals surface area contributed by atoms with Gasteiger partial charge in [-0.25, -0.2) is 4.79 Å². The van der Waals surface area contributed by atoms with Gasteiger partial charge in [-0.15, -0.1) is 0 Å². The number of carbonyl (C=O) groups excluding carboxylic acids is 2. The molecule has 7 nitrogen and oxygen atoms in total. The van der Waals surface area contributed by atoms with Gasteiger partial charge in [0.25, 0.3) is 0 Å². The van der Waals surface area contributed by atoms with Crippen molar-refractivity contribution >= 4 is 11.9 Å². The SMILES string of the molecule is CCC(C)C(NC(=O)N1CCc2cc(OC)c(OC)cc2C1)C(=O)NC1CCCc2ccccc21. The van der Waals surface area contributed by atoms with E-state index in [1.165, 1.54) is 11.1 Å². The molecule has 3 amide bonds. The maximum absolute atomic E-state index is 13.4. The summed E-state index contributed by atoms with van der Waals surface area (Å²) in [7, 11) is 3.23. The summed E-state index contributed by atoms with van der Waals surface area (Å²) in [5.74, 6) is 1.25. The zero-order chi connectivity index (χ0) is 24.9. The molecule has 3 unspecified atom stereocenters. The maximum Gasteiger partial charge on any atom is 0.318 e. The largest absolute Gasteiger partial charge is 0.493 e. The number of urea groups is 1. The van der Waals surface area contributed by atoms with Crippen LogP contribution in [0.2, 0.25) is 0 Å². The van der Waals surface area contributed by atoms with Gasteiger partial charge in [0, 0.05) is 13.1 Å². The molecule has 4 rings (SSSR count). The van der Waals surface area contributed by atoms with Gasteiger partial charge in [0.2, 0.25) is 5.91 Å². The summed E-state index contributed by atoms with van der Waals surface area (Å²) < 4.78 is 10.9. The number of carbonyl (C=O) groups is 2. The summed E-state index contributed by atoms with van der Waals surface area (Å²) in [5.41, 5.74) is 4.68. The lowest BCUT2D eigenvalue weighted by Gasteiger charge is -2.33. The number of nitrogens with one attached hydrogen (secondary N) is 2. The first-order valence-electron chi connectivity index (χ1n) is 12.6. The number of amides is 3. The Bertz CT molecular complexity index is 1070. The quantitative estimate of drug-likeness (QED) is 0.618. The van der Waals surface area contributed by atoms with Crippen LogP contribution in [0.3, 0.4) is 0 Å². The van der Waals surface area contributed by atoms with Crippen molar-refractivity contribution in [3.8, 4) is 11.5 Å². The van der Waals surface area contributed by atoms with E-state index in [9.17, 15) is 9.59 Å². The third-order valence-corrected chi connectivity index (χ3v) is 7.47. The van der Waals surface area contributed by atoms with E-state index in [4.69, 9.17) is 9.47 Å². The van der Waals surface area contributed by atoms with E-state index in [0.29, 0.717) is 24.6 Å². The van der Waals surface area contributed by atoms with E-state index in [0.717, 1.165) is 43.2 Å². The van der Waals surface area contributed by atoms with Crippen LogP contribution in [-0.4, -0.2) is 43.6 Å². The van der Waals surface area contributed by atoms with Crippen molar-refractivity contribution in [2.24, 2.45) is 5.92 Å². The molecule has 3 atom stereocenters. The lowest BCUT2D eigenvalue weighted by atomic mass is 9.87. The van der Waals surface area contributed by atoms with Crippen LogP contribution in [0.1, 0.15) is 61.4 Å². The van der Waals surface area contributed by atoms with Crippen molar-refractivity contribution in [1.82, 2.24) is 15.5 Å². The fourth-order valence-corrected chi connectivity index (χ4v) is 5.15. The van der Waals surface area contributed by atoms with Crippen LogP contribution in [0.5, 0.6) is 11.5 Å². The summed E-state index contributed by atoms with van der Waals surface area (Å²) in [6, 6.07) is 11.4. The molecule has 0 radical (unpaired) electrons. The average Bonchev–Trinajstić information content (AvgIpc) is 2.90. The minimum absolute atomic E-state index is 0.0132. The van der Waals surface area contributed by atoms with Crippen LogP contribution in [-0.2, 0) is 24.2 Å². The topological polar surface area (TPSA) is 79.9 Å². The fraction of sp³-hybridized carbons (Fsp3) is 0.500. The Kier molecular flexibility index (Phi) is 7.83. The zero-order valence-corrected chi connectivity index (χ0v) is 21.2. The molecule has 1 aliphatic carbocycles. The van der Waals surface area contributed by atoms with Crippen LogP contribution in [0, 0.1) is 5.92 Å². The normalized spacial score (nSPS) is 18.5. The van der Waals surface area contributed by atoms with Gasteiger partial charge in [-0.1, -0.05) is 44.5 Å². The Labute approximate surface area is 208 Å². The summed E-state index contributed by atoms with van der Waals surface area (Å²) in [5, 5.41) is 6.29. The molecule has 35 heavy (non-hydrogen) atoms. The van der Waals surface area contributed by atoms with Crippen LogP contribution < -0.4 is 20.1 Å². The van der Waals surface area contributed by atoms with Gasteiger partial charge in [0.15, 0.2) is 11.5 Å². The lowest BCUT2D eigenvalue weighted by molar-refractivity contribution is -0.125. The molecule has 0 spiro atoms. The Balaban J connectivity index is 1.46. The summed E-state index contributed by atoms with van der Waals surface area (Å²) >= 11 is 0. The highest BCUT2D eigenvalue weighted by atomic mass is 16.5. The standard InChI is InChI=1S/C28H37N3O4/c1-5-18(2)26(27(32)29-23-12-8-10-19-9-6-7-11-22(19)23)30-28(33)31-14-13-20-15-24(34-3)25(35-4)16-21(20)17-31/h6-7,9,11,15-16,18,23,26H,5,8,10,12-14,17H2,1-4H3,(H,29,32)(H,30,33). The third-order valence-electron chi connectivity index (χ3n) is 7.47. The number of aryl methyl sites for hydroxylation is 1. The molecule has 0 aromatic heterocycles. The van der Waals surface area contributed by atoms with E-state index in [2.05, 4.69) is 22.8 Å². The lowest BCUT2D eigenvalue weighted by Crippen LogP contribution is -2.55. The number of fused-ring (bicyclic) bond motifs is 2. The zero-order valence-electron chi connectivity index (χ0n) is 21.2. The van der Waals surface area contributed by atoms with Crippen molar-refractivity contribution in [2.45, 2.75) is 64.6 Å². The highest BCUT2D eigenvalue weighted by molar-refractivity contribution is 5.87. The van der Waals surface area contributed by atoms with Gasteiger partial charge in [-0.2, -0.15) is 0 Å². The molecule has 188 valence electrons. The second kappa shape index (κ2) is 11.0. The first kappa shape index (κ1) is 24.9. The first-order valence-corrected chi connectivity index (χ1v) is 12.6. The maximum atomic E-state index is 13.4. The molecule has 1 aliphatic heterocycles. The van der Waals surface area contributed by atoms with Crippen LogP contribution in [0.25, 0.3) is 0 Å². The van der Waals surface area contributed by atoms with Crippen LogP contribution in [0.15, 0.2) is 36.4 Å². The van der Waals surface area contributed by atoms with Gasteiger partial charge in [0.1, 0.15) is 6.04 Å². The van der Waals surface area contributed by atoms with Gasteiger partial charge in [-0.05, 0) is 66.0 Å². The molecule has 7 heteroatoms. The van der Waals surface area contributed by atoms with Crippen molar-refractivity contribution in [3.63, 3.8) is 0 Å². The number of hydrogen-bond donors (Lipinski definition) is 2. The second-order valence-corrected chi connectivity index (χ2v) is 9.61. The smallest absolute Gasteiger partial charge is 0.318 e.